The Balaban J connectivity index is 2.32. The third kappa shape index (κ3) is 2.32. The third-order valence-corrected chi connectivity index (χ3v) is 3.45. The topological polar surface area (TPSA) is 29.3 Å². The van der Waals surface area contributed by atoms with Crippen LogP contribution in [-0.4, -0.2) is 19.1 Å². The van der Waals surface area contributed by atoms with Crippen LogP contribution in [0.25, 0.3) is 0 Å². The summed E-state index contributed by atoms with van der Waals surface area (Å²) >= 11 is 0. The van der Waals surface area contributed by atoms with Crippen LogP contribution in [0.4, 0.5) is 18.9 Å². The van der Waals surface area contributed by atoms with Gasteiger partial charge in [0, 0.05) is 18.3 Å². The fourth-order valence-corrected chi connectivity index (χ4v) is 2.65. The predicted molar refractivity (Wildman–Crippen MR) is 65.6 cm³/mol. The molecule has 0 fully saturated rings. The zero-order valence-corrected chi connectivity index (χ0v) is 10.3. The van der Waals surface area contributed by atoms with Gasteiger partial charge in [-0.1, -0.05) is 0 Å². The van der Waals surface area contributed by atoms with Gasteiger partial charge >= 0.3 is 6.18 Å². The number of fused-ring (bicyclic) bond motifs is 1. The van der Waals surface area contributed by atoms with Crippen LogP contribution in [0.5, 0.6) is 0 Å². The quantitative estimate of drug-likeness (QED) is 0.903. The molecule has 5 heteroatoms. The first-order valence-electron chi connectivity index (χ1n) is 6.14. The van der Waals surface area contributed by atoms with E-state index < -0.39 is 11.7 Å². The van der Waals surface area contributed by atoms with Crippen molar-refractivity contribution in [2.24, 2.45) is 5.73 Å². The Bertz CT molecular complexity index is 429. The highest BCUT2D eigenvalue weighted by Crippen LogP contribution is 2.38. The van der Waals surface area contributed by atoms with E-state index in [2.05, 4.69) is 4.90 Å². The van der Waals surface area contributed by atoms with Crippen LogP contribution in [0.1, 0.15) is 24.5 Å². The van der Waals surface area contributed by atoms with Gasteiger partial charge in [0.05, 0.1) is 5.56 Å². The highest BCUT2D eigenvalue weighted by molar-refractivity contribution is 5.60. The Kier molecular flexibility index (Phi) is 3.52. The summed E-state index contributed by atoms with van der Waals surface area (Å²) in [5, 5.41) is 0. The van der Waals surface area contributed by atoms with Crippen LogP contribution in [0.2, 0.25) is 0 Å². The summed E-state index contributed by atoms with van der Waals surface area (Å²) in [6, 6.07) is 4.25. The molecule has 1 atom stereocenters. The van der Waals surface area contributed by atoms with Gasteiger partial charge < -0.3 is 10.6 Å². The summed E-state index contributed by atoms with van der Waals surface area (Å²) in [5.74, 6) is 0. The van der Waals surface area contributed by atoms with Crippen LogP contribution in [0.3, 0.4) is 0 Å². The second-order valence-corrected chi connectivity index (χ2v) is 4.56. The van der Waals surface area contributed by atoms with Gasteiger partial charge in [-0.25, -0.2) is 0 Å². The fourth-order valence-electron chi connectivity index (χ4n) is 2.65. The standard InChI is InChI=1S/C13H17F3N2/c1-2-18-11(5-6-17)8-9-7-10(13(14,15)16)3-4-12(9)18/h3-4,7,11H,2,5-6,8,17H2,1H3. The van der Waals surface area contributed by atoms with E-state index in [9.17, 15) is 13.2 Å². The Morgan fingerprint density at radius 3 is 2.67 bits per heavy atom. The maximum Gasteiger partial charge on any atom is 0.416 e. The van der Waals surface area contributed by atoms with Gasteiger partial charge in [0.1, 0.15) is 0 Å². The van der Waals surface area contributed by atoms with Crippen LogP contribution < -0.4 is 10.6 Å². The van der Waals surface area contributed by atoms with Crippen molar-refractivity contribution in [3.63, 3.8) is 0 Å². The van der Waals surface area contributed by atoms with E-state index in [1.54, 1.807) is 6.07 Å². The van der Waals surface area contributed by atoms with E-state index in [1.165, 1.54) is 6.07 Å². The second-order valence-electron chi connectivity index (χ2n) is 4.56. The summed E-state index contributed by atoms with van der Waals surface area (Å²) in [5.41, 5.74) is 6.69. The predicted octanol–water partition coefficient (Wildman–Crippen LogP) is 2.81. The summed E-state index contributed by atoms with van der Waals surface area (Å²) in [4.78, 5) is 2.14. The molecule has 2 rings (SSSR count). The molecule has 1 aliphatic heterocycles. The summed E-state index contributed by atoms with van der Waals surface area (Å²) in [6.45, 7) is 3.36. The number of benzene rings is 1. The molecule has 0 aliphatic carbocycles. The van der Waals surface area contributed by atoms with Gasteiger partial charge in [0.15, 0.2) is 0 Å². The number of nitrogens with two attached hydrogens (primary N) is 1. The van der Waals surface area contributed by atoms with Crippen molar-refractivity contribution in [1.29, 1.82) is 0 Å². The van der Waals surface area contributed by atoms with Gasteiger partial charge in [-0.15, -0.1) is 0 Å². The smallest absolute Gasteiger partial charge is 0.368 e. The fraction of sp³-hybridized carbons (Fsp3) is 0.538. The van der Waals surface area contributed by atoms with Crippen molar-refractivity contribution in [3.05, 3.63) is 29.3 Å². The summed E-state index contributed by atoms with van der Waals surface area (Å²) in [7, 11) is 0. The molecule has 0 saturated carbocycles. The van der Waals surface area contributed by atoms with Gasteiger partial charge in [-0.2, -0.15) is 13.2 Å². The van der Waals surface area contributed by atoms with Crippen molar-refractivity contribution < 1.29 is 13.2 Å². The Labute approximate surface area is 105 Å². The average Bonchev–Trinajstić information content (AvgIpc) is 2.64. The largest absolute Gasteiger partial charge is 0.416 e. The number of anilines is 1. The molecule has 0 saturated heterocycles. The minimum atomic E-state index is -4.27. The summed E-state index contributed by atoms with van der Waals surface area (Å²) < 4.78 is 37.9. The highest BCUT2D eigenvalue weighted by Gasteiger charge is 2.34. The van der Waals surface area contributed by atoms with Crippen LogP contribution in [0, 0.1) is 0 Å². The van der Waals surface area contributed by atoms with Crippen molar-refractivity contribution in [1.82, 2.24) is 0 Å². The van der Waals surface area contributed by atoms with Crippen molar-refractivity contribution >= 4 is 5.69 Å². The van der Waals surface area contributed by atoms with E-state index >= 15 is 0 Å². The number of alkyl halides is 3. The number of likely N-dealkylation sites (N-methyl/N-ethyl adjacent to an activating group) is 1. The first-order valence-corrected chi connectivity index (χ1v) is 6.14. The molecule has 100 valence electrons. The average molecular weight is 258 g/mol. The normalized spacial score (nSPS) is 19.2. The van der Waals surface area contributed by atoms with Crippen molar-refractivity contribution in [2.75, 3.05) is 18.0 Å². The van der Waals surface area contributed by atoms with E-state index in [0.717, 1.165) is 30.3 Å². The van der Waals surface area contributed by atoms with E-state index in [4.69, 9.17) is 5.73 Å². The SMILES string of the molecule is CCN1c2ccc(C(F)(F)F)cc2CC1CCN. The number of hydrogen-bond acceptors (Lipinski definition) is 2. The molecule has 0 radical (unpaired) electrons. The first-order chi connectivity index (χ1) is 8.47. The number of hydrogen-bond donors (Lipinski definition) is 1. The van der Waals surface area contributed by atoms with Crippen LogP contribution in [-0.2, 0) is 12.6 Å². The van der Waals surface area contributed by atoms with Crippen molar-refractivity contribution in [2.45, 2.75) is 32.0 Å². The number of nitrogens with zero attached hydrogens (tertiary/aromatic N) is 1. The molecule has 0 aromatic heterocycles. The van der Waals surface area contributed by atoms with Crippen LogP contribution >= 0.6 is 0 Å². The third-order valence-electron chi connectivity index (χ3n) is 3.45. The monoisotopic (exact) mass is 258 g/mol. The van der Waals surface area contributed by atoms with Gasteiger partial charge in [-0.05, 0) is 50.1 Å². The molecule has 1 aliphatic rings. The van der Waals surface area contributed by atoms with E-state index in [1.807, 2.05) is 6.92 Å². The molecule has 2 N–H and O–H groups in total. The molecule has 1 aromatic rings. The lowest BCUT2D eigenvalue weighted by molar-refractivity contribution is -0.137. The zero-order chi connectivity index (χ0) is 13.3. The summed E-state index contributed by atoms with van der Waals surface area (Å²) in [6.07, 6.45) is -2.80. The zero-order valence-electron chi connectivity index (χ0n) is 10.3. The number of rotatable bonds is 3. The minimum Gasteiger partial charge on any atom is -0.368 e. The molecule has 0 bridgehead atoms. The molecule has 1 aromatic carbocycles. The molecule has 1 heterocycles. The molecule has 18 heavy (non-hydrogen) atoms. The minimum absolute atomic E-state index is 0.235. The van der Waals surface area contributed by atoms with E-state index in [0.29, 0.717) is 13.0 Å². The highest BCUT2D eigenvalue weighted by atomic mass is 19.4. The molecular formula is C13H17F3N2. The lowest BCUT2D eigenvalue weighted by Gasteiger charge is -2.25. The van der Waals surface area contributed by atoms with Gasteiger partial charge in [-0.3, -0.25) is 0 Å². The molecular weight excluding hydrogens is 241 g/mol. The Hall–Kier alpha value is -1.23. The molecule has 1 unspecified atom stereocenters. The van der Waals surface area contributed by atoms with Crippen LogP contribution in [0.15, 0.2) is 18.2 Å². The second kappa shape index (κ2) is 4.80. The van der Waals surface area contributed by atoms with Crippen molar-refractivity contribution in [3.8, 4) is 0 Å². The van der Waals surface area contributed by atoms with Gasteiger partial charge in [0.2, 0.25) is 0 Å². The molecule has 0 spiro atoms. The maximum atomic E-state index is 12.6. The van der Waals surface area contributed by atoms with E-state index in [-0.39, 0.29) is 6.04 Å². The molecule has 2 nitrogen and oxygen atoms in total. The lowest BCUT2D eigenvalue weighted by atomic mass is 10.0. The Morgan fingerprint density at radius 2 is 2.11 bits per heavy atom. The lowest BCUT2D eigenvalue weighted by Crippen LogP contribution is -2.33. The number of halogens is 3. The Morgan fingerprint density at radius 1 is 1.39 bits per heavy atom. The maximum absolute atomic E-state index is 12.6. The van der Waals surface area contributed by atoms with Gasteiger partial charge in [0.25, 0.3) is 0 Å². The molecule has 0 amide bonds. The first kappa shape index (κ1) is 13.2.